The number of hydrogen-bond donors (Lipinski definition) is 1. The first-order chi connectivity index (χ1) is 9.68. The Hall–Kier alpha value is -1.64. The molecule has 0 aromatic heterocycles. The van der Waals surface area contributed by atoms with E-state index in [9.17, 15) is 0 Å². The number of fused-ring (bicyclic) bond motifs is 3. The minimum Gasteiger partial charge on any atom is -0.305 e. The van der Waals surface area contributed by atoms with Crippen molar-refractivity contribution < 1.29 is 0 Å². The Morgan fingerprint density at radius 1 is 0.950 bits per heavy atom. The topological polar surface area (TPSA) is 15.3 Å². The first-order valence-electron chi connectivity index (χ1n) is 7.26. The highest BCUT2D eigenvalue weighted by Crippen LogP contribution is 2.42. The summed E-state index contributed by atoms with van der Waals surface area (Å²) in [6.45, 7) is 3.24. The molecular formula is C18H22N2. The second-order valence-electron chi connectivity index (χ2n) is 5.83. The van der Waals surface area contributed by atoms with Gasteiger partial charge in [-0.1, -0.05) is 48.5 Å². The fourth-order valence-corrected chi connectivity index (χ4v) is 2.85. The first kappa shape index (κ1) is 13.3. The third-order valence-corrected chi connectivity index (χ3v) is 4.33. The third-order valence-electron chi connectivity index (χ3n) is 4.33. The van der Waals surface area contributed by atoms with Crippen LogP contribution in [0.15, 0.2) is 48.5 Å². The average molecular weight is 266 g/mol. The highest BCUT2D eigenvalue weighted by atomic mass is 15.1. The predicted octanol–water partition coefficient (Wildman–Crippen LogP) is 3.30. The van der Waals surface area contributed by atoms with E-state index in [0.29, 0.717) is 12.1 Å². The fraction of sp³-hybridized carbons (Fsp3) is 0.333. The Balaban J connectivity index is 1.91. The minimum absolute atomic E-state index is 0.324. The van der Waals surface area contributed by atoms with Crippen LogP contribution in [0.4, 0.5) is 0 Å². The highest BCUT2D eigenvalue weighted by molar-refractivity contribution is 5.78. The maximum absolute atomic E-state index is 3.73. The molecule has 0 aliphatic heterocycles. The van der Waals surface area contributed by atoms with Crippen LogP contribution in [-0.4, -0.2) is 31.6 Å². The Kier molecular flexibility index (Phi) is 3.60. The summed E-state index contributed by atoms with van der Waals surface area (Å²) in [5, 5.41) is 3.73. The molecule has 2 heteroatoms. The van der Waals surface area contributed by atoms with E-state index >= 15 is 0 Å². The zero-order valence-electron chi connectivity index (χ0n) is 12.4. The Bertz CT molecular complexity index is 558. The van der Waals surface area contributed by atoms with Gasteiger partial charge in [-0.15, -0.1) is 0 Å². The van der Waals surface area contributed by atoms with E-state index in [4.69, 9.17) is 0 Å². The van der Waals surface area contributed by atoms with Gasteiger partial charge in [0.05, 0.1) is 6.04 Å². The van der Waals surface area contributed by atoms with Crippen molar-refractivity contribution in [2.45, 2.75) is 19.0 Å². The summed E-state index contributed by atoms with van der Waals surface area (Å²) in [5.41, 5.74) is 5.55. The SMILES string of the molecule is CC(CNC1c2ccccc2-c2ccccc21)N(C)C. The van der Waals surface area contributed by atoms with E-state index in [1.165, 1.54) is 22.3 Å². The van der Waals surface area contributed by atoms with Gasteiger partial charge >= 0.3 is 0 Å². The molecule has 2 aromatic carbocycles. The average Bonchev–Trinajstić information content (AvgIpc) is 2.79. The molecule has 2 aromatic rings. The van der Waals surface area contributed by atoms with Crippen LogP contribution in [0.2, 0.25) is 0 Å². The molecule has 0 radical (unpaired) electrons. The molecule has 2 nitrogen and oxygen atoms in total. The summed E-state index contributed by atoms with van der Waals surface area (Å²) in [6.07, 6.45) is 0. The van der Waals surface area contributed by atoms with Crippen LogP contribution in [-0.2, 0) is 0 Å². The van der Waals surface area contributed by atoms with Crippen molar-refractivity contribution in [1.29, 1.82) is 0 Å². The van der Waals surface area contributed by atoms with Crippen LogP contribution in [0.25, 0.3) is 11.1 Å². The lowest BCUT2D eigenvalue weighted by Crippen LogP contribution is -2.37. The van der Waals surface area contributed by atoms with Crippen LogP contribution >= 0.6 is 0 Å². The van der Waals surface area contributed by atoms with Crippen LogP contribution in [0, 0.1) is 0 Å². The number of likely N-dealkylation sites (N-methyl/N-ethyl adjacent to an activating group) is 1. The molecule has 20 heavy (non-hydrogen) atoms. The second kappa shape index (κ2) is 5.39. The van der Waals surface area contributed by atoms with Gasteiger partial charge in [0.15, 0.2) is 0 Å². The lowest BCUT2D eigenvalue weighted by Gasteiger charge is -2.23. The number of nitrogens with one attached hydrogen (secondary N) is 1. The normalized spacial score (nSPS) is 15.2. The van der Waals surface area contributed by atoms with Crippen molar-refractivity contribution in [2.75, 3.05) is 20.6 Å². The molecule has 1 atom stereocenters. The maximum Gasteiger partial charge on any atom is 0.0589 e. The molecule has 1 N–H and O–H groups in total. The van der Waals surface area contributed by atoms with Crippen LogP contribution in [0.1, 0.15) is 24.1 Å². The third kappa shape index (κ3) is 2.26. The van der Waals surface area contributed by atoms with E-state index in [1.54, 1.807) is 0 Å². The van der Waals surface area contributed by atoms with Crippen molar-refractivity contribution in [3.8, 4) is 11.1 Å². The van der Waals surface area contributed by atoms with E-state index in [1.807, 2.05) is 0 Å². The summed E-state index contributed by atoms with van der Waals surface area (Å²) in [6, 6.07) is 18.3. The van der Waals surface area contributed by atoms with Gasteiger partial charge in [-0.05, 0) is 43.3 Å². The van der Waals surface area contributed by atoms with Crippen molar-refractivity contribution in [1.82, 2.24) is 10.2 Å². The molecule has 0 amide bonds. The van der Waals surface area contributed by atoms with Crippen molar-refractivity contribution in [2.24, 2.45) is 0 Å². The van der Waals surface area contributed by atoms with Gasteiger partial charge in [0.2, 0.25) is 0 Å². The molecule has 1 unspecified atom stereocenters. The number of nitrogens with zero attached hydrogens (tertiary/aromatic N) is 1. The maximum atomic E-state index is 3.73. The molecule has 0 saturated carbocycles. The van der Waals surface area contributed by atoms with Gasteiger partial charge in [-0.25, -0.2) is 0 Å². The molecular weight excluding hydrogens is 244 g/mol. The second-order valence-corrected chi connectivity index (χ2v) is 5.83. The first-order valence-corrected chi connectivity index (χ1v) is 7.26. The smallest absolute Gasteiger partial charge is 0.0589 e. The van der Waals surface area contributed by atoms with Gasteiger partial charge in [0.25, 0.3) is 0 Å². The zero-order chi connectivity index (χ0) is 14.1. The van der Waals surface area contributed by atoms with E-state index in [2.05, 4.69) is 79.8 Å². The monoisotopic (exact) mass is 266 g/mol. The summed E-state index contributed by atoms with van der Waals surface area (Å²) < 4.78 is 0. The summed E-state index contributed by atoms with van der Waals surface area (Å²) in [4.78, 5) is 2.25. The molecule has 1 aliphatic carbocycles. The van der Waals surface area contributed by atoms with Gasteiger partial charge < -0.3 is 10.2 Å². The zero-order valence-corrected chi connectivity index (χ0v) is 12.4. The summed E-state index contributed by atoms with van der Waals surface area (Å²) in [7, 11) is 4.26. The van der Waals surface area contributed by atoms with Gasteiger partial charge in [-0.2, -0.15) is 0 Å². The Labute approximate surface area is 121 Å². The number of hydrogen-bond acceptors (Lipinski definition) is 2. The molecule has 104 valence electrons. The fourth-order valence-electron chi connectivity index (χ4n) is 2.85. The Morgan fingerprint density at radius 3 is 1.95 bits per heavy atom. The van der Waals surface area contributed by atoms with Crippen molar-refractivity contribution in [3.63, 3.8) is 0 Å². The van der Waals surface area contributed by atoms with Gasteiger partial charge in [-0.3, -0.25) is 0 Å². The van der Waals surface area contributed by atoms with Crippen LogP contribution in [0.3, 0.4) is 0 Å². The van der Waals surface area contributed by atoms with Gasteiger partial charge in [0.1, 0.15) is 0 Å². The molecule has 3 rings (SSSR count). The van der Waals surface area contributed by atoms with Gasteiger partial charge in [0, 0.05) is 12.6 Å². The lowest BCUT2D eigenvalue weighted by atomic mass is 10.1. The lowest BCUT2D eigenvalue weighted by molar-refractivity contribution is 0.298. The molecule has 0 saturated heterocycles. The minimum atomic E-state index is 0.324. The summed E-state index contributed by atoms with van der Waals surface area (Å²) >= 11 is 0. The number of benzene rings is 2. The van der Waals surface area contributed by atoms with E-state index in [0.717, 1.165) is 6.54 Å². The van der Waals surface area contributed by atoms with Crippen LogP contribution < -0.4 is 5.32 Å². The Morgan fingerprint density at radius 2 is 1.45 bits per heavy atom. The molecule has 0 bridgehead atoms. The quantitative estimate of drug-likeness (QED) is 0.913. The molecule has 0 fully saturated rings. The van der Waals surface area contributed by atoms with Crippen LogP contribution in [0.5, 0.6) is 0 Å². The molecule has 0 spiro atoms. The van der Waals surface area contributed by atoms with Crippen molar-refractivity contribution >= 4 is 0 Å². The predicted molar refractivity (Wildman–Crippen MR) is 84.9 cm³/mol. The van der Waals surface area contributed by atoms with Crippen molar-refractivity contribution in [3.05, 3.63) is 59.7 Å². The van der Waals surface area contributed by atoms with E-state index in [-0.39, 0.29) is 0 Å². The highest BCUT2D eigenvalue weighted by Gasteiger charge is 2.27. The standard InChI is InChI=1S/C18H22N2/c1-13(20(2)3)12-19-18-16-10-6-4-8-14(16)15-9-5-7-11-17(15)18/h4-11,13,18-19H,12H2,1-3H3. The molecule has 0 heterocycles. The largest absolute Gasteiger partial charge is 0.305 e. The van der Waals surface area contributed by atoms with E-state index < -0.39 is 0 Å². The molecule has 1 aliphatic rings. The summed E-state index contributed by atoms with van der Waals surface area (Å²) in [5.74, 6) is 0. The number of rotatable bonds is 4.